The van der Waals surface area contributed by atoms with Gasteiger partial charge in [-0.25, -0.2) is 0 Å². The lowest BCUT2D eigenvalue weighted by Gasteiger charge is -2.37. The van der Waals surface area contributed by atoms with Crippen LogP contribution in [0.4, 0.5) is 0 Å². The van der Waals surface area contributed by atoms with Crippen molar-refractivity contribution in [3.63, 3.8) is 0 Å². The molecule has 0 bridgehead atoms. The van der Waals surface area contributed by atoms with Crippen molar-refractivity contribution in [2.45, 2.75) is 18.9 Å². The fourth-order valence-electron chi connectivity index (χ4n) is 2.03. The standard InChI is InChI=1S/C12H16ClNO/c1-2-12(9-14-7-8-15-12)10-3-5-11(13)6-4-10/h3-6,14H,2,7-9H2,1H3/t12-/m1/s1. The molecule has 1 aromatic rings. The van der Waals surface area contributed by atoms with Crippen molar-refractivity contribution in [2.24, 2.45) is 0 Å². The first kappa shape index (κ1) is 10.9. The van der Waals surface area contributed by atoms with Crippen molar-refractivity contribution in [3.05, 3.63) is 34.9 Å². The van der Waals surface area contributed by atoms with E-state index in [1.54, 1.807) is 0 Å². The quantitative estimate of drug-likeness (QED) is 0.836. The molecule has 0 radical (unpaired) electrons. The largest absolute Gasteiger partial charge is 0.368 e. The van der Waals surface area contributed by atoms with Crippen molar-refractivity contribution < 1.29 is 4.74 Å². The minimum atomic E-state index is -0.164. The Bertz CT molecular complexity index is 317. The molecule has 1 aromatic carbocycles. The van der Waals surface area contributed by atoms with Gasteiger partial charge in [0, 0.05) is 18.1 Å². The summed E-state index contributed by atoms with van der Waals surface area (Å²) in [5.74, 6) is 0. The summed E-state index contributed by atoms with van der Waals surface area (Å²) in [7, 11) is 0. The fourth-order valence-corrected chi connectivity index (χ4v) is 2.16. The molecule has 3 heteroatoms. The molecule has 1 saturated heterocycles. The van der Waals surface area contributed by atoms with Gasteiger partial charge < -0.3 is 10.1 Å². The van der Waals surface area contributed by atoms with Crippen LogP contribution in [0.2, 0.25) is 5.02 Å². The van der Waals surface area contributed by atoms with Crippen molar-refractivity contribution in [2.75, 3.05) is 19.7 Å². The second kappa shape index (κ2) is 4.52. The number of morpholine rings is 1. The average molecular weight is 226 g/mol. The lowest BCUT2D eigenvalue weighted by molar-refractivity contribution is -0.0737. The minimum Gasteiger partial charge on any atom is -0.368 e. The molecule has 1 N–H and O–H groups in total. The van der Waals surface area contributed by atoms with Crippen LogP contribution in [0.3, 0.4) is 0 Å². The van der Waals surface area contributed by atoms with Gasteiger partial charge in [-0.05, 0) is 24.1 Å². The van der Waals surface area contributed by atoms with Gasteiger partial charge in [-0.1, -0.05) is 30.7 Å². The average Bonchev–Trinajstić information content (AvgIpc) is 2.31. The van der Waals surface area contributed by atoms with Crippen molar-refractivity contribution in [3.8, 4) is 0 Å². The molecule has 2 nitrogen and oxygen atoms in total. The van der Waals surface area contributed by atoms with Crippen LogP contribution < -0.4 is 5.32 Å². The normalized spacial score (nSPS) is 26.5. The first-order valence-corrected chi connectivity index (χ1v) is 5.75. The number of ether oxygens (including phenoxy) is 1. The molecule has 0 unspecified atom stereocenters. The van der Waals surface area contributed by atoms with Crippen molar-refractivity contribution >= 4 is 11.6 Å². The van der Waals surface area contributed by atoms with E-state index >= 15 is 0 Å². The number of halogens is 1. The van der Waals surface area contributed by atoms with Gasteiger partial charge in [0.15, 0.2) is 0 Å². The first-order chi connectivity index (χ1) is 7.27. The molecule has 82 valence electrons. The van der Waals surface area contributed by atoms with Gasteiger partial charge in [-0.2, -0.15) is 0 Å². The molecule has 0 amide bonds. The predicted octanol–water partition coefficient (Wildman–Crippen LogP) is 2.57. The molecule has 2 rings (SSSR count). The lowest BCUT2D eigenvalue weighted by Crippen LogP contribution is -2.47. The van der Waals surface area contributed by atoms with Gasteiger partial charge in [0.2, 0.25) is 0 Å². The number of hydrogen-bond acceptors (Lipinski definition) is 2. The molecule has 1 aliphatic rings. The van der Waals surface area contributed by atoms with E-state index in [1.165, 1.54) is 5.56 Å². The smallest absolute Gasteiger partial charge is 0.105 e. The number of hydrogen-bond donors (Lipinski definition) is 1. The van der Waals surface area contributed by atoms with Crippen LogP contribution in [-0.2, 0) is 10.3 Å². The maximum atomic E-state index is 5.94. The van der Waals surface area contributed by atoms with E-state index in [0.717, 1.165) is 31.1 Å². The van der Waals surface area contributed by atoms with Gasteiger partial charge in [-0.3, -0.25) is 0 Å². The van der Waals surface area contributed by atoms with Crippen LogP contribution in [-0.4, -0.2) is 19.7 Å². The summed E-state index contributed by atoms with van der Waals surface area (Å²) in [4.78, 5) is 0. The van der Waals surface area contributed by atoms with E-state index in [0.29, 0.717) is 0 Å². The molecule has 0 spiro atoms. The summed E-state index contributed by atoms with van der Waals surface area (Å²) in [5, 5.41) is 4.15. The van der Waals surface area contributed by atoms with Gasteiger partial charge in [0.05, 0.1) is 6.61 Å². The second-order valence-corrected chi connectivity index (χ2v) is 4.32. The second-order valence-electron chi connectivity index (χ2n) is 3.88. The predicted molar refractivity (Wildman–Crippen MR) is 62.2 cm³/mol. The molecule has 0 aliphatic carbocycles. The van der Waals surface area contributed by atoms with Gasteiger partial charge >= 0.3 is 0 Å². The minimum absolute atomic E-state index is 0.164. The number of nitrogens with one attached hydrogen (secondary N) is 1. The van der Waals surface area contributed by atoms with E-state index in [4.69, 9.17) is 16.3 Å². The van der Waals surface area contributed by atoms with Crippen LogP contribution in [0.25, 0.3) is 0 Å². The zero-order chi connectivity index (χ0) is 10.7. The molecular weight excluding hydrogens is 210 g/mol. The Morgan fingerprint density at radius 1 is 1.40 bits per heavy atom. The third-order valence-electron chi connectivity index (χ3n) is 3.01. The lowest BCUT2D eigenvalue weighted by atomic mass is 9.90. The highest BCUT2D eigenvalue weighted by Crippen LogP contribution is 2.31. The highest BCUT2D eigenvalue weighted by molar-refractivity contribution is 6.30. The van der Waals surface area contributed by atoms with Crippen LogP contribution in [0.5, 0.6) is 0 Å². The molecule has 1 aliphatic heterocycles. The monoisotopic (exact) mass is 225 g/mol. The molecule has 0 saturated carbocycles. The number of rotatable bonds is 2. The Morgan fingerprint density at radius 3 is 2.67 bits per heavy atom. The topological polar surface area (TPSA) is 21.3 Å². The third-order valence-corrected chi connectivity index (χ3v) is 3.26. The fraction of sp³-hybridized carbons (Fsp3) is 0.500. The zero-order valence-corrected chi connectivity index (χ0v) is 9.68. The first-order valence-electron chi connectivity index (χ1n) is 5.37. The molecule has 0 aromatic heterocycles. The molecule has 1 atom stereocenters. The summed E-state index contributed by atoms with van der Waals surface area (Å²) in [6, 6.07) is 7.95. The highest BCUT2D eigenvalue weighted by Gasteiger charge is 2.33. The molecule has 1 fully saturated rings. The Balaban J connectivity index is 2.28. The van der Waals surface area contributed by atoms with Crippen LogP contribution in [0.1, 0.15) is 18.9 Å². The van der Waals surface area contributed by atoms with Crippen LogP contribution in [0, 0.1) is 0 Å². The summed E-state index contributed by atoms with van der Waals surface area (Å²) in [6.07, 6.45) is 0.974. The van der Waals surface area contributed by atoms with Gasteiger partial charge in [0.25, 0.3) is 0 Å². The van der Waals surface area contributed by atoms with E-state index in [9.17, 15) is 0 Å². The molecular formula is C12H16ClNO. The Hall–Kier alpha value is -0.570. The van der Waals surface area contributed by atoms with E-state index in [-0.39, 0.29) is 5.60 Å². The molecule has 15 heavy (non-hydrogen) atoms. The van der Waals surface area contributed by atoms with Gasteiger partial charge in [-0.15, -0.1) is 0 Å². The summed E-state index contributed by atoms with van der Waals surface area (Å²) < 4.78 is 5.94. The van der Waals surface area contributed by atoms with E-state index in [2.05, 4.69) is 24.4 Å². The van der Waals surface area contributed by atoms with Crippen molar-refractivity contribution in [1.82, 2.24) is 5.32 Å². The Kier molecular flexibility index (Phi) is 3.29. The SMILES string of the molecule is CC[C@]1(c2ccc(Cl)cc2)CNCCO1. The summed E-state index contributed by atoms with van der Waals surface area (Å²) in [5.41, 5.74) is 1.05. The van der Waals surface area contributed by atoms with Crippen molar-refractivity contribution in [1.29, 1.82) is 0 Å². The number of benzene rings is 1. The molecule has 1 heterocycles. The summed E-state index contributed by atoms with van der Waals surface area (Å²) >= 11 is 5.88. The third kappa shape index (κ3) is 2.17. The van der Waals surface area contributed by atoms with E-state index in [1.807, 2.05) is 12.1 Å². The van der Waals surface area contributed by atoms with E-state index < -0.39 is 0 Å². The maximum absolute atomic E-state index is 5.94. The highest BCUT2D eigenvalue weighted by atomic mass is 35.5. The maximum Gasteiger partial charge on any atom is 0.105 e. The summed E-state index contributed by atoms with van der Waals surface area (Å²) in [6.45, 7) is 4.75. The Morgan fingerprint density at radius 2 is 2.13 bits per heavy atom. The van der Waals surface area contributed by atoms with Gasteiger partial charge in [0.1, 0.15) is 5.60 Å². The Labute approximate surface area is 95.6 Å². The zero-order valence-electron chi connectivity index (χ0n) is 8.92. The van der Waals surface area contributed by atoms with Crippen LogP contribution >= 0.6 is 11.6 Å². The van der Waals surface area contributed by atoms with Crippen LogP contribution in [0.15, 0.2) is 24.3 Å².